The zero-order valence-electron chi connectivity index (χ0n) is 11.5. The molecule has 1 unspecified atom stereocenters. The maximum Gasteiger partial charge on any atom is 0.238 e. The van der Waals surface area contributed by atoms with Gasteiger partial charge in [0.1, 0.15) is 0 Å². The van der Waals surface area contributed by atoms with E-state index in [1.54, 1.807) is 18.3 Å². The van der Waals surface area contributed by atoms with Crippen LogP contribution in [0.5, 0.6) is 0 Å². The Hall–Kier alpha value is -0.750. The lowest BCUT2D eigenvalue weighted by Gasteiger charge is -2.06. The zero-order chi connectivity index (χ0) is 15.4. The van der Waals surface area contributed by atoms with Crippen molar-refractivity contribution >= 4 is 57.3 Å². The van der Waals surface area contributed by atoms with Crippen molar-refractivity contribution < 1.29 is 4.79 Å². The molecule has 0 saturated heterocycles. The maximum absolute atomic E-state index is 11.8. The predicted octanol–water partition coefficient (Wildman–Crippen LogP) is 4.73. The van der Waals surface area contributed by atoms with E-state index in [2.05, 4.69) is 10.3 Å². The van der Waals surface area contributed by atoms with Crippen LogP contribution in [0.4, 0.5) is 5.13 Å². The first-order valence-corrected chi connectivity index (χ1v) is 9.08. The van der Waals surface area contributed by atoms with Crippen molar-refractivity contribution in [1.29, 1.82) is 0 Å². The number of halogens is 2. The standard InChI is InChI=1S/C14H14Cl2N2OS2/c1-8(20-2)13(19)18-14-17-7-11(21-14)6-9-5-10(15)3-4-12(9)16/h3-5,7-8H,6H2,1-2H3,(H,17,18,19). The molecule has 2 rings (SSSR count). The molecule has 0 radical (unpaired) electrons. The molecule has 112 valence electrons. The number of rotatable bonds is 5. The number of carbonyl (C=O) groups excluding carboxylic acids is 1. The highest BCUT2D eigenvalue weighted by molar-refractivity contribution is 7.99. The van der Waals surface area contributed by atoms with Crippen LogP contribution in [0.3, 0.4) is 0 Å². The summed E-state index contributed by atoms with van der Waals surface area (Å²) in [5, 5.41) is 4.65. The average molecular weight is 361 g/mol. The van der Waals surface area contributed by atoms with Crippen molar-refractivity contribution in [3.8, 4) is 0 Å². The number of hydrogen-bond donors (Lipinski definition) is 1. The van der Waals surface area contributed by atoms with Gasteiger partial charge in [0.05, 0.1) is 5.25 Å². The Morgan fingerprint density at radius 2 is 2.24 bits per heavy atom. The van der Waals surface area contributed by atoms with Gasteiger partial charge in [0.25, 0.3) is 0 Å². The third-order valence-electron chi connectivity index (χ3n) is 2.88. The Morgan fingerprint density at radius 3 is 2.95 bits per heavy atom. The van der Waals surface area contributed by atoms with Gasteiger partial charge in [-0.1, -0.05) is 23.2 Å². The van der Waals surface area contributed by atoms with E-state index in [1.165, 1.54) is 23.1 Å². The highest BCUT2D eigenvalue weighted by Gasteiger charge is 2.13. The van der Waals surface area contributed by atoms with Crippen molar-refractivity contribution in [3.05, 3.63) is 44.9 Å². The minimum absolute atomic E-state index is 0.0378. The molecule has 1 aromatic heterocycles. The fourth-order valence-electron chi connectivity index (χ4n) is 1.63. The van der Waals surface area contributed by atoms with Crippen molar-refractivity contribution in [2.75, 3.05) is 11.6 Å². The molecule has 0 spiro atoms. The number of carbonyl (C=O) groups is 1. The van der Waals surface area contributed by atoms with E-state index in [0.717, 1.165) is 10.4 Å². The Morgan fingerprint density at radius 1 is 1.48 bits per heavy atom. The summed E-state index contributed by atoms with van der Waals surface area (Å²) >= 11 is 15.1. The first-order chi connectivity index (χ1) is 9.99. The highest BCUT2D eigenvalue weighted by Crippen LogP contribution is 2.27. The van der Waals surface area contributed by atoms with Crippen LogP contribution in [0.25, 0.3) is 0 Å². The van der Waals surface area contributed by atoms with Crippen LogP contribution in [-0.2, 0) is 11.2 Å². The molecule has 0 aliphatic rings. The summed E-state index contributed by atoms with van der Waals surface area (Å²) in [4.78, 5) is 17.0. The van der Waals surface area contributed by atoms with Crippen LogP contribution >= 0.6 is 46.3 Å². The van der Waals surface area contributed by atoms with Gasteiger partial charge >= 0.3 is 0 Å². The van der Waals surface area contributed by atoms with Gasteiger partial charge in [0, 0.05) is 27.5 Å². The van der Waals surface area contributed by atoms with Crippen LogP contribution in [0, 0.1) is 0 Å². The lowest BCUT2D eigenvalue weighted by molar-refractivity contribution is -0.115. The van der Waals surface area contributed by atoms with Gasteiger partial charge in [-0.15, -0.1) is 11.3 Å². The summed E-state index contributed by atoms with van der Waals surface area (Å²) in [7, 11) is 0. The lowest BCUT2D eigenvalue weighted by Crippen LogP contribution is -2.21. The second-order valence-corrected chi connectivity index (χ2v) is 7.55. The molecule has 3 nitrogen and oxygen atoms in total. The smallest absolute Gasteiger partial charge is 0.238 e. The van der Waals surface area contributed by atoms with Crippen LogP contribution in [0.1, 0.15) is 17.4 Å². The minimum Gasteiger partial charge on any atom is -0.301 e. The van der Waals surface area contributed by atoms with Gasteiger partial charge in [-0.05, 0) is 36.9 Å². The van der Waals surface area contributed by atoms with Gasteiger partial charge in [0.15, 0.2) is 5.13 Å². The van der Waals surface area contributed by atoms with E-state index in [1.807, 2.05) is 19.2 Å². The SMILES string of the molecule is CSC(C)C(=O)Nc1ncc(Cc2cc(Cl)ccc2Cl)s1. The Kier molecular flexibility index (Phi) is 5.93. The monoisotopic (exact) mass is 360 g/mol. The molecule has 0 saturated carbocycles. The van der Waals surface area contributed by atoms with E-state index >= 15 is 0 Å². The van der Waals surface area contributed by atoms with Crippen LogP contribution in [-0.4, -0.2) is 22.4 Å². The maximum atomic E-state index is 11.8. The van der Waals surface area contributed by atoms with E-state index in [4.69, 9.17) is 23.2 Å². The summed E-state index contributed by atoms with van der Waals surface area (Å²) in [6, 6.07) is 5.39. The quantitative estimate of drug-likeness (QED) is 0.837. The van der Waals surface area contributed by atoms with E-state index in [9.17, 15) is 4.79 Å². The second kappa shape index (κ2) is 7.49. The van der Waals surface area contributed by atoms with Crippen molar-refractivity contribution in [1.82, 2.24) is 4.98 Å². The number of benzene rings is 1. The summed E-state index contributed by atoms with van der Waals surface area (Å²) in [5.74, 6) is -0.0378. The van der Waals surface area contributed by atoms with Crippen molar-refractivity contribution in [2.45, 2.75) is 18.6 Å². The van der Waals surface area contributed by atoms with Crippen molar-refractivity contribution in [3.63, 3.8) is 0 Å². The van der Waals surface area contributed by atoms with Crippen LogP contribution in [0.15, 0.2) is 24.4 Å². The Bertz CT molecular complexity index is 646. The minimum atomic E-state index is -0.0975. The molecule has 1 N–H and O–H groups in total. The fourth-order valence-corrected chi connectivity index (χ4v) is 3.12. The summed E-state index contributed by atoms with van der Waals surface area (Å²) in [6.45, 7) is 1.86. The van der Waals surface area contributed by atoms with E-state index in [-0.39, 0.29) is 11.2 Å². The molecular weight excluding hydrogens is 347 g/mol. The molecule has 1 aromatic carbocycles. The zero-order valence-corrected chi connectivity index (χ0v) is 14.7. The molecule has 0 aliphatic heterocycles. The third-order valence-corrected chi connectivity index (χ3v) is 5.32. The Balaban J connectivity index is 2.06. The number of hydrogen-bond acceptors (Lipinski definition) is 4. The molecule has 0 aliphatic carbocycles. The van der Waals surface area contributed by atoms with Gasteiger partial charge < -0.3 is 5.32 Å². The number of nitrogens with zero attached hydrogens (tertiary/aromatic N) is 1. The molecule has 1 amide bonds. The van der Waals surface area contributed by atoms with Gasteiger partial charge in [-0.3, -0.25) is 4.79 Å². The lowest BCUT2D eigenvalue weighted by atomic mass is 10.1. The molecule has 0 bridgehead atoms. The molecule has 1 heterocycles. The molecule has 7 heteroatoms. The summed E-state index contributed by atoms with van der Waals surface area (Å²) in [6.07, 6.45) is 4.30. The normalized spacial score (nSPS) is 12.2. The first kappa shape index (κ1) is 16.6. The number of thioether (sulfide) groups is 1. The van der Waals surface area contributed by atoms with Crippen LogP contribution in [0.2, 0.25) is 10.0 Å². The third kappa shape index (κ3) is 4.61. The predicted molar refractivity (Wildman–Crippen MR) is 93.0 cm³/mol. The van der Waals surface area contributed by atoms with E-state index in [0.29, 0.717) is 21.6 Å². The number of amides is 1. The van der Waals surface area contributed by atoms with Gasteiger partial charge in [0.2, 0.25) is 5.91 Å². The molecule has 0 fully saturated rings. The first-order valence-electron chi connectivity index (χ1n) is 6.22. The number of thiazole rings is 1. The number of aromatic nitrogens is 1. The highest BCUT2D eigenvalue weighted by atomic mass is 35.5. The second-order valence-electron chi connectivity index (χ2n) is 4.41. The van der Waals surface area contributed by atoms with Gasteiger partial charge in [-0.2, -0.15) is 11.8 Å². The Labute approximate surface area is 142 Å². The summed E-state index contributed by atoms with van der Waals surface area (Å²) < 4.78 is 0. The van der Waals surface area contributed by atoms with Gasteiger partial charge in [-0.25, -0.2) is 4.98 Å². The molecule has 2 aromatic rings. The van der Waals surface area contributed by atoms with Crippen LogP contribution < -0.4 is 5.32 Å². The molecule has 21 heavy (non-hydrogen) atoms. The summed E-state index contributed by atoms with van der Waals surface area (Å²) in [5.41, 5.74) is 0.947. The van der Waals surface area contributed by atoms with E-state index < -0.39 is 0 Å². The average Bonchev–Trinajstić information content (AvgIpc) is 2.89. The topological polar surface area (TPSA) is 42.0 Å². The number of anilines is 1. The van der Waals surface area contributed by atoms with Crippen molar-refractivity contribution in [2.24, 2.45) is 0 Å². The largest absolute Gasteiger partial charge is 0.301 e. The number of nitrogens with one attached hydrogen (secondary N) is 1. The molecular formula is C14H14Cl2N2OS2. The fraction of sp³-hybridized carbons (Fsp3) is 0.286. The molecule has 1 atom stereocenters.